The number of amides is 2. The lowest BCUT2D eigenvalue weighted by atomic mass is 10.3. The van der Waals surface area contributed by atoms with E-state index in [1.165, 1.54) is 0 Å². The third-order valence-corrected chi connectivity index (χ3v) is 1.71. The van der Waals surface area contributed by atoms with Crippen molar-refractivity contribution >= 4 is 18.2 Å². The quantitative estimate of drug-likeness (QED) is 0.471. The first kappa shape index (κ1) is 16.0. The van der Waals surface area contributed by atoms with E-state index in [1.54, 1.807) is 0 Å². The zero-order valence-corrected chi connectivity index (χ0v) is 9.66. The number of carboxylic acids is 1. The second-order valence-electron chi connectivity index (χ2n) is 3.25. The molecular weight excluding hydrogens is 248 g/mol. The van der Waals surface area contributed by atoms with Gasteiger partial charge in [-0.15, -0.1) is 0 Å². The van der Waals surface area contributed by atoms with Gasteiger partial charge in [-0.2, -0.15) is 0 Å². The first-order valence-electron chi connectivity index (χ1n) is 5.09. The van der Waals surface area contributed by atoms with Gasteiger partial charge in [0.15, 0.2) is 0 Å². The summed E-state index contributed by atoms with van der Waals surface area (Å²) in [5.74, 6) is -0.947. The highest BCUT2D eigenvalue weighted by molar-refractivity contribution is 5.66. The second-order valence-corrected chi connectivity index (χ2v) is 3.25. The van der Waals surface area contributed by atoms with Crippen LogP contribution in [0.15, 0.2) is 0 Å². The van der Waals surface area contributed by atoms with Crippen LogP contribution >= 0.6 is 0 Å². The summed E-state index contributed by atoms with van der Waals surface area (Å²) in [4.78, 5) is 31.0. The molecule has 0 aliphatic carbocycles. The van der Waals surface area contributed by atoms with Crippen molar-refractivity contribution in [1.29, 1.82) is 0 Å². The standard InChI is InChI=1S/C9H16N2O7/c10-8(14)17-4-6(5-18-9(11)15)16-3-1-2-7(12)13/h6H,1-5H2,(H2,10,14)(H2,11,15)(H,12,13). The van der Waals surface area contributed by atoms with E-state index in [-0.39, 0.29) is 32.7 Å². The highest BCUT2D eigenvalue weighted by atomic mass is 16.6. The molecular formula is C9H16N2O7. The number of carboxylic acid groups (broad SMARTS) is 1. The van der Waals surface area contributed by atoms with Gasteiger partial charge in [0, 0.05) is 13.0 Å². The Labute approximate surface area is 103 Å². The molecule has 18 heavy (non-hydrogen) atoms. The molecule has 0 atom stereocenters. The molecule has 0 aliphatic heterocycles. The van der Waals surface area contributed by atoms with E-state index in [0.717, 1.165) is 0 Å². The predicted molar refractivity (Wildman–Crippen MR) is 57.7 cm³/mol. The number of carbonyl (C=O) groups is 3. The van der Waals surface area contributed by atoms with Crippen LogP contribution in [-0.4, -0.2) is 49.2 Å². The van der Waals surface area contributed by atoms with Crippen molar-refractivity contribution in [3.63, 3.8) is 0 Å². The average Bonchev–Trinajstić information content (AvgIpc) is 2.25. The van der Waals surface area contributed by atoms with E-state index in [0.29, 0.717) is 0 Å². The highest BCUT2D eigenvalue weighted by Gasteiger charge is 2.13. The number of ether oxygens (including phenoxy) is 3. The monoisotopic (exact) mass is 264 g/mol. The molecule has 0 rings (SSSR count). The minimum Gasteiger partial charge on any atom is -0.481 e. The lowest BCUT2D eigenvalue weighted by Gasteiger charge is -2.16. The fourth-order valence-electron chi connectivity index (χ4n) is 0.968. The molecule has 9 nitrogen and oxygen atoms in total. The minimum atomic E-state index is -0.992. The van der Waals surface area contributed by atoms with Crippen LogP contribution in [0.4, 0.5) is 9.59 Å². The SMILES string of the molecule is NC(=O)OCC(COC(N)=O)OCCCC(=O)O. The predicted octanol–water partition coefficient (Wildman–Crippen LogP) is -0.573. The number of primary amides is 2. The maximum absolute atomic E-state index is 10.4. The Kier molecular flexibility index (Phi) is 8.03. The average molecular weight is 264 g/mol. The van der Waals surface area contributed by atoms with Gasteiger partial charge < -0.3 is 30.8 Å². The van der Waals surface area contributed by atoms with Crippen LogP contribution in [0.3, 0.4) is 0 Å². The van der Waals surface area contributed by atoms with E-state index in [1.807, 2.05) is 0 Å². The number of aliphatic carboxylic acids is 1. The fraction of sp³-hybridized carbons (Fsp3) is 0.667. The van der Waals surface area contributed by atoms with Crippen LogP contribution in [0, 0.1) is 0 Å². The molecule has 0 aromatic rings. The van der Waals surface area contributed by atoms with Gasteiger partial charge in [0.2, 0.25) is 0 Å². The van der Waals surface area contributed by atoms with E-state index in [9.17, 15) is 14.4 Å². The van der Waals surface area contributed by atoms with Gasteiger partial charge in [-0.3, -0.25) is 4.79 Å². The number of hydrogen-bond acceptors (Lipinski definition) is 6. The normalized spacial score (nSPS) is 10.1. The molecule has 0 saturated heterocycles. The van der Waals surface area contributed by atoms with Crippen molar-refractivity contribution in [1.82, 2.24) is 0 Å². The molecule has 0 saturated carbocycles. The molecule has 0 aromatic heterocycles. The molecule has 0 aromatic carbocycles. The molecule has 0 spiro atoms. The summed E-state index contributed by atoms with van der Waals surface area (Å²) >= 11 is 0. The Balaban J connectivity index is 3.91. The Morgan fingerprint density at radius 3 is 1.94 bits per heavy atom. The summed E-state index contributed by atoms with van der Waals surface area (Å²) in [6, 6.07) is 0. The van der Waals surface area contributed by atoms with Gasteiger partial charge in [-0.1, -0.05) is 0 Å². The van der Waals surface area contributed by atoms with Crippen LogP contribution in [0.25, 0.3) is 0 Å². The van der Waals surface area contributed by atoms with Crippen molar-refractivity contribution in [3.8, 4) is 0 Å². The van der Waals surface area contributed by atoms with Crippen LogP contribution < -0.4 is 11.5 Å². The van der Waals surface area contributed by atoms with Crippen molar-refractivity contribution in [2.24, 2.45) is 11.5 Å². The molecule has 9 heteroatoms. The van der Waals surface area contributed by atoms with Gasteiger partial charge in [-0.05, 0) is 6.42 Å². The highest BCUT2D eigenvalue weighted by Crippen LogP contribution is 1.99. The number of carbonyl (C=O) groups excluding carboxylic acids is 2. The van der Waals surface area contributed by atoms with Crippen LogP contribution in [-0.2, 0) is 19.0 Å². The third kappa shape index (κ3) is 10.5. The molecule has 104 valence electrons. The molecule has 0 radical (unpaired) electrons. The van der Waals surface area contributed by atoms with Gasteiger partial charge in [0.05, 0.1) is 0 Å². The maximum Gasteiger partial charge on any atom is 0.404 e. The van der Waals surface area contributed by atoms with Crippen molar-refractivity contribution in [2.45, 2.75) is 18.9 Å². The maximum atomic E-state index is 10.4. The first-order valence-corrected chi connectivity index (χ1v) is 5.09. The zero-order valence-electron chi connectivity index (χ0n) is 9.66. The Bertz CT molecular complexity index is 277. The molecule has 0 heterocycles. The Morgan fingerprint density at radius 1 is 1.06 bits per heavy atom. The van der Waals surface area contributed by atoms with Crippen molar-refractivity contribution in [2.75, 3.05) is 19.8 Å². The first-order chi connectivity index (χ1) is 8.41. The Morgan fingerprint density at radius 2 is 1.56 bits per heavy atom. The Hall–Kier alpha value is -2.03. The molecule has 0 unspecified atom stereocenters. The van der Waals surface area contributed by atoms with Crippen LogP contribution in [0.5, 0.6) is 0 Å². The number of nitrogens with two attached hydrogens (primary N) is 2. The largest absolute Gasteiger partial charge is 0.481 e. The van der Waals surface area contributed by atoms with E-state index in [2.05, 4.69) is 9.47 Å². The molecule has 0 aliphatic rings. The summed E-state index contributed by atoms with van der Waals surface area (Å²) in [6.45, 7) is -0.313. The molecule has 5 N–H and O–H groups in total. The minimum absolute atomic E-state index is 0.0555. The zero-order chi connectivity index (χ0) is 14.0. The van der Waals surface area contributed by atoms with Gasteiger partial charge >= 0.3 is 18.2 Å². The number of hydrogen-bond donors (Lipinski definition) is 3. The summed E-state index contributed by atoms with van der Waals surface area (Å²) in [5.41, 5.74) is 9.53. The molecule has 0 bridgehead atoms. The van der Waals surface area contributed by atoms with E-state index < -0.39 is 24.3 Å². The van der Waals surface area contributed by atoms with Crippen molar-refractivity contribution < 1.29 is 33.7 Å². The van der Waals surface area contributed by atoms with Gasteiger partial charge in [-0.25, -0.2) is 9.59 Å². The molecule has 2 amide bonds. The molecule has 0 fully saturated rings. The van der Waals surface area contributed by atoms with Crippen LogP contribution in [0.2, 0.25) is 0 Å². The fourth-order valence-corrected chi connectivity index (χ4v) is 0.968. The summed E-state index contributed by atoms with van der Waals surface area (Å²) in [7, 11) is 0. The summed E-state index contributed by atoms with van der Waals surface area (Å²) in [6.07, 6.45) is -2.50. The second kappa shape index (κ2) is 9.05. The topological polar surface area (TPSA) is 151 Å². The van der Waals surface area contributed by atoms with Crippen molar-refractivity contribution in [3.05, 3.63) is 0 Å². The van der Waals surface area contributed by atoms with Gasteiger partial charge in [0.25, 0.3) is 0 Å². The van der Waals surface area contributed by atoms with Crippen LogP contribution in [0.1, 0.15) is 12.8 Å². The smallest absolute Gasteiger partial charge is 0.404 e. The number of rotatable bonds is 9. The summed E-state index contributed by atoms with van der Waals surface area (Å²) < 4.78 is 14.1. The van der Waals surface area contributed by atoms with E-state index in [4.69, 9.17) is 21.3 Å². The lowest BCUT2D eigenvalue weighted by molar-refractivity contribution is -0.137. The van der Waals surface area contributed by atoms with Gasteiger partial charge in [0.1, 0.15) is 19.3 Å². The van der Waals surface area contributed by atoms with E-state index >= 15 is 0 Å². The lowest BCUT2D eigenvalue weighted by Crippen LogP contribution is -2.31. The third-order valence-electron chi connectivity index (χ3n) is 1.71. The summed E-state index contributed by atoms with van der Waals surface area (Å²) in [5, 5.41) is 8.40.